The fraction of sp³-hybridized carbons (Fsp3) is 0.562. The molecule has 3 nitrogen and oxygen atoms in total. The minimum Gasteiger partial charge on any atom is -0.378 e. The molecule has 2 rings (SSSR count). The largest absolute Gasteiger partial charge is 0.378 e. The Morgan fingerprint density at radius 2 is 2.00 bits per heavy atom. The third-order valence-electron chi connectivity index (χ3n) is 3.79. The number of nitriles is 1. The second-order valence-electron chi connectivity index (χ2n) is 4.98. The van der Waals surface area contributed by atoms with Crippen LogP contribution in [0.4, 0.5) is 0 Å². The molecule has 0 amide bonds. The standard InChI is InChI=1S/C16H22N2O/c1-2-19-15-9-12-18(13-10-15)16(8-11-17)14-6-4-3-5-7-14/h3-7,15-16H,2,8-10,12-13H2,1H3. The lowest BCUT2D eigenvalue weighted by molar-refractivity contribution is 0.00405. The molecule has 1 unspecified atom stereocenters. The molecule has 0 N–H and O–H groups in total. The van der Waals surface area contributed by atoms with E-state index in [2.05, 4.69) is 30.0 Å². The van der Waals surface area contributed by atoms with E-state index in [1.807, 2.05) is 18.2 Å². The maximum Gasteiger partial charge on any atom is 0.0641 e. The van der Waals surface area contributed by atoms with Gasteiger partial charge in [-0.1, -0.05) is 30.3 Å². The van der Waals surface area contributed by atoms with Crippen LogP contribution in [0.3, 0.4) is 0 Å². The molecule has 1 aromatic carbocycles. The second-order valence-corrected chi connectivity index (χ2v) is 4.98. The van der Waals surface area contributed by atoms with Crippen LogP contribution in [0.2, 0.25) is 0 Å². The lowest BCUT2D eigenvalue weighted by Gasteiger charge is -2.36. The molecule has 0 bridgehead atoms. The summed E-state index contributed by atoms with van der Waals surface area (Å²) in [5.41, 5.74) is 1.25. The lowest BCUT2D eigenvalue weighted by atomic mass is 9.98. The van der Waals surface area contributed by atoms with Crippen LogP contribution in [0.15, 0.2) is 30.3 Å². The van der Waals surface area contributed by atoms with Gasteiger partial charge in [-0.25, -0.2) is 0 Å². The average molecular weight is 258 g/mol. The van der Waals surface area contributed by atoms with Gasteiger partial charge in [0.25, 0.3) is 0 Å². The van der Waals surface area contributed by atoms with E-state index in [4.69, 9.17) is 10.00 Å². The van der Waals surface area contributed by atoms with Crippen molar-refractivity contribution in [3.05, 3.63) is 35.9 Å². The Morgan fingerprint density at radius 1 is 1.32 bits per heavy atom. The SMILES string of the molecule is CCOC1CCN(C(CC#N)c2ccccc2)CC1. The number of benzene rings is 1. The Morgan fingerprint density at radius 3 is 2.58 bits per heavy atom. The highest BCUT2D eigenvalue weighted by Crippen LogP contribution is 2.27. The first-order valence-corrected chi connectivity index (χ1v) is 7.12. The molecule has 1 atom stereocenters. The number of hydrogen-bond donors (Lipinski definition) is 0. The van der Waals surface area contributed by atoms with Gasteiger partial charge in [0.15, 0.2) is 0 Å². The van der Waals surface area contributed by atoms with Gasteiger partial charge in [-0.3, -0.25) is 4.90 Å². The molecule has 1 heterocycles. The van der Waals surface area contributed by atoms with E-state index < -0.39 is 0 Å². The van der Waals surface area contributed by atoms with Crippen LogP contribution in [0.25, 0.3) is 0 Å². The van der Waals surface area contributed by atoms with E-state index in [-0.39, 0.29) is 6.04 Å². The minimum atomic E-state index is 0.230. The van der Waals surface area contributed by atoms with E-state index in [0.29, 0.717) is 12.5 Å². The Hall–Kier alpha value is -1.37. The molecule has 0 aromatic heterocycles. The molecule has 0 spiro atoms. The zero-order valence-corrected chi connectivity index (χ0v) is 11.6. The summed E-state index contributed by atoms with van der Waals surface area (Å²) < 4.78 is 5.68. The van der Waals surface area contributed by atoms with Crippen LogP contribution in [0, 0.1) is 11.3 Å². The van der Waals surface area contributed by atoms with Gasteiger partial charge in [0.05, 0.1) is 18.6 Å². The van der Waals surface area contributed by atoms with Gasteiger partial charge in [-0.05, 0) is 25.3 Å². The molecule has 0 aliphatic carbocycles. The predicted molar refractivity (Wildman–Crippen MR) is 75.6 cm³/mol. The molecule has 1 aliphatic heterocycles. The number of likely N-dealkylation sites (tertiary alicyclic amines) is 1. The molecule has 0 radical (unpaired) electrons. The third-order valence-corrected chi connectivity index (χ3v) is 3.79. The van der Waals surface area contributed by atoms with Crippen LogP contribution in [-0.4, -0.2) is 30.7 Å². The summed E-state index contributed by atoms with van der Waals surface area (Å²) in [5.74, 6) is 0. The smallest absolute Gasteiger partial charge is 0.0641 e. The summed E-state index contributed by atoms with van der Waals surface area (Å²) in [7, 11) is 0. The summed E-state index contributed by atoms with van der Waals surface area (Å²) in [6, 6.07) is 12.9. The molecule has 1 saturated heterocycles. The molecule has 19 heavy (non-hydrogen) atoms. The molecule has 0 saturated carbocycles. The average Bonchev–Trinajstić information content (AvgIpc) is 2.47. The minimum absolute atomic E-state index is 0.230. The molecular weight excluding hydrogens is 236 g/mol. The number of ether oxygens (including phenoxy) is 1. The molecular formula is C16H22N2O. The molecule has 1 aliphatic rings. The van der Waals surface area contributed by atoms with E-state index in [1.165, 1.54) is 5.56 Å². The summed E-state index contributed by atoms with van der Waals surface area (Å²) in [6.07, 6.45) is 3.11. The van der Waals surface area contributed by atoms with Crippen molar-refractivity contribution in [2.24, 2.45) is 0 Å². The highest BCUT2D eigenvalue weighted by molar-refractivity contribution is 5.20. The van der Waals surface area contributed by atoms with Crippen LogP contribution in [-0.2, 0) is 4.74 Å². The predicted octanol–water partition coefficient (Wildman–Crippen LogP) is 3.14. The fourth-order valence-electron chi connectivity index (χ4n) is 2.81. The quantitative estimate of drug-likeness (QED) is 0.814. The zero-order valence-electron chi connectivity index (χ0n) is 11.6. The number of hydrogen-bond acceptors (Lipinski definition) is 3. The van der Waals surface area contributed by atoms with Crippen molar-refractivity contribution in [3.8, 4) is 6.07 Å². The summed E-state index contributed by atoms with van der Waals surface area (Å²) in [4.78, 5) is 2.42. The van der Waals surface area contributed by atoms with Gasteiger partial charge in [0, 0.05) is 25.7 Å². The monoisotopic (exact) mass is 258 g/mol. The van der Waals surface area contributed by atoms with Gasteiger partial charge in [0.1, 0.15) is 0 Å². The van der Waals surface area contributed by atoms with Gasteiger partial charge < -0.3 is 4.74 Å². The Balaban J connectivity index is 2.00. The highest BCUT2D eigenvalue weighted by Gasteiger charge is 2.26. The lowest BCUT2D eigenvalue weighted by Crippen LogP contribution is -2.39. The van der Waals surface area contributed by atoms with Crippen molar-refractivity contribution < 1.29 is 4.74 Å². The summed E-state index contributed by atoms with van der Waals surface area (Å²) >= 11 is 0. The van der Waals surface area contributed by atoms with Crippen LogP contribution >= 0.6 is 0 Å². The first-order valence-electron chi connectivity index (χ1n) is 7.12. The Labute approximate surface area is 115 Å². The maximum absolute atomic E-state index is 9.06. The van der Waals surface area contributed by atoms with Crippen molar-refractivity contribution >= 4 is 0 Å². The van der Waals surface area contributed by atoms with Crippen LogP contribution in [0.1, 0.15) is 37.8 Å². The van der Waals surface area contributed by atoms with Gasteiger partial charge in [-0.15, -0.1) is 0 Å². The van der Waals surface area contributed by atoms with Crippen LogP contribution < -0.4 is 0 Å². The number of piperidine rings is 1. The normalized spacial score (nSPS) is 18.9. The number of rotatable bonds is 5. The third kappa shape index (κ3) is 3.79. The van der Waals surface area contributed by atoms with E-state index in [0.717, 1.165) is 32.5 Å². The van der Waals surface area contributed by atoms with E-state index in [1.54, 1.807) is 0 Å². The van der Waals surface area contributed by atoms with Gasteiger partial charge >= 0.3 is 0 Å². The maximum atomic E-state index is 9.06. The van der Waals surface area contributed by atoms with E-state index >= 15 is 0 Å². The fourth-order valence-corrected chi connectivity index (χ4v) is 2.81. The first-order chi connectivity index (χ1) is 9.35. The zero-order chi connectivity index (χ0) is 13.5. The molecule has 1 fully saturated rings. The van der Waals surface area contributed by atoms with Crippen molar-refractivity contribution in [1.29, 1.82) is 5.26 Å². The number of nitrogens with zero attached hydrogens (tertiary/aromatic N) is 2. The molecule has 1 aromatic rings. The van der Waals surface area contributed by atoms with Crippen LogP contribution in [0.5, 0.6) is 0 Å². The van der Waals surface area contributed by atoms with Crippen molar-refractivity contribution in [2.75, 3.05) is 19.7 Å². The molecule has 3 heteroatoms. The highest BCUT2D eigenvalue weighted by atomic mass is 16.5. The van der Waals surface area contributed by atoms with Crippen molar-refractivity contribution in [2.45, 2.75) is 38.3 Å². The summed E-state index contributed by atoms with van der Waals surface area (Å²) in [5, 5.41) is 9.06. The Kier molecular flexibility index (Phi) is 5.38. The van der Waals surface area contributed by atoms with Gasteiger partial charge in [-0.2, -0.15) is 5.26 Å². The Bertz CT molecular complexity index is 405. The van der Waals surface area contributed by atoms with E-state index in [9.17, 15) is 0 Å². The summed E-state index contributed by atoms with van der Waals surface area (Å²) in [6.45, 7) is 4.89. The van der Waals surface area contributed by atoms with Crippen molar-refractivity contribution in [3.63, 3.8) is 0 Å². The first kappa shape index (κ1) is 14.0. The van der Waals surface area contributed by atoms with Gasteiger partial charge in [0.2, 0.25) is 0 Å². The second kappa shape index (κ2) is 7.28. The molecule has 102 valence electrons. The van der Waals surface area contributed by atoms with Crippen molar-refractivity contribution in [1.82, 2.24) is 4.90 Å². The topological polar surface area (TPSA) is 36.3 Å².